The maximum absolute atomic E-state index is 5.74. The van der Waals surface area contributed by atoms with Crippen LogP contribution in [0.1, 0.15) is 52.0 Å². The van der Waals surface area contributed by atoms with E-state index in [4.69, 9.17) is 5.73 Å². The van der Waals surface area contributed by atoms with Gasteiger partial charge in [-0.05, 0) is 54.2 Å². The van der Waals surface area contributed by atoms with E-state index in [1.807, 2.05) is 11.8 Å². The van der Waals surface area contributed by atoms with Crippen LogP contribution in [0.4, 0.5) is 0 Å². The Morgan fingerprint density at radius 3 is 2.28 bits per heavy atom. The Bertz CT molecular complexity index is 341. The molecule has 0 saturated heterocycles. The van der Waals surface area contributed by atoms with Crippen molar-refractivity contribution >= 4 is 11.8 Å². The molecule has 1 aromatic rings. The fourth-order valence-corrected chi connectivity index (χ4v) is 2.64. The number of hydrogen-bond donors (Lipinski definition) is 1. The van der Waals surface area contributed by atoms with Gasteiger partial charge in [0.15, 0.2) is 0 Å². The van der Waals surface area contributed by atoms with Gasteiger partial charge in [0, 0.05) is 4.90 Å². The second kappa shape index (κ2) is 7.20. The minimum atomic E-state index is 0.294. The summed E-state index contributed by atoms with van der Waals surface area (Å²) in [6, 6.07) is 8.98. The smallest absolute Gasteiger partial charge is 0.00721 e. The van der Waals surface area contributed by atoms with Gasteiger partial charge < -0.3 is 5.73 Å². The highest BCUT2D eigenvalue weighted by atomic mass is 32.2. The van der Waals surface area contributed by atoms with E-state index in [0.29, 0.717) is 11.3 Å². The summed E-state index contributed by atoms with van der Waals surface area (Å²) in [5.41, 5.74) is 7.45. The first-order valence-corrected chi connectivity index (χ1v) is 7.86. The molecule has 1 rings (SSSR count). The summed E-state index contributed by atoms with van der Waals surface area (Å²) in [7, 11) is 0. The molecular weight excluding hydrogens is 238 g/mol. The van der Waals surface area contributed by atoms with Crippen molar-refractivity contribution in [3.63, 3.8) is 0 Å². The molecule has 0 amide bonds. The number of rotatable bonds is 7. The third-order valence-corrected chi connectivity index (χ3v) is 4.46. The van der Waals surface area contributed by atoms with Crippen molar-refractivity contribution in [2.45, 2.75) is 51.3 Å². The topological polar surface area (TPSA) is 26.0 Å². The van der Waals surface area contributed by atoms with Crippen molar-refractivity contribution in [3.05, 3.63) is 29.8 Å². The maximum atomic E-state index is 5.74. The highest BCUT2D eigenvalue weighted by Gasteiger charge is 2.14. The average Bonchev–Trinajstić information content (AvgIpc) is 2.35. The van der Waals surface area contributed by atoms with Crippen LogP contribution in [0.2, 0.25) is 0 Å². The van der Waals surface area contributed by atoms with Gasteiger partial charge in [-0.25, -0.2) is 0 Å². The monoisotopic (exact) mass is 265 g/mol. The normalized spacial score (nSPS) is 12.1. The van der Waals surface area contributed by atoms with Gasteiger partial charge in [0.25, 0.3) is 0 Å². The van der Waals surface area contributed by atoms with Gasteiger partial charge in [0.2, 0.25) is 0 Å². The summed E-state index contributed by atoms with van der Waals surface area (Å²) < 4.78 is 0. The van der Waals surface area contributed by atoms with Crippen LogP contribution in [0.25, 0.3) is 0 Å². The van der Waals surface area contributed by atoms with Gasteiger partial charge in [-0.2, -0.15) is 0 Å². The van der Waals surface area contributed by atoms with Crippen molar-refractivity contribution in [1.29, 1.82) is 0 Å². The van der Waals surface area contributed by atoms with Gasteiger partial charge in [0.05, 0.1) is 0 Å². The number of thioether (sulfide) groups is 1. The van der Waals surface area contributed by atoms with Crippen LogP contribution >= 0.6 is 11.8 Å². The van der Waals surface area contributed by atoms with Gasteiger partial charge in [-0.15, -0.1) is 11.8 Å². The van der Waals surface area contributed by atoms with Crippen LogP contribution in [-0.2, 0) is 0 Å². The van der Waals surface area contributed by atoms with Crippen LogP contribution in [0, 0.1) is 5.41 Å². The van der Waals surface area contributed by atoms with E-state index in [9.17, 15) is 0 Å². The lowest BCUT2D eigenvalue weighted by Gasteiger charge is -2.21. The molecule has 2 heteroatoms. The Morgan fingerprint density at radius 1 is 1.17 bits per heavy atom. The Labute approximate surface area is 117 Å². The highest BCUT2D eigenvalue weighted by molar-refractivity contribution is 7.99. The van der Waals surface area contributed by atoms with E-state index < -0.39 is 0 Å². The fourth-order valence-electron chi connectivity index (χ4n) is 1.79. The predicted octanol–water partition coefficient (Wildman–Crippen LogP) is 4.67. The summed E-state index contributed by atoms with van der Waals surface area (Å²) in [5.74, 6) is 1.80. The zero-order valence-corrected chi connectivity index (χ0v) is 13.0. The molecule has 0 saturated carbocycles. The van der Waals surface area contributed by atoms with E-state index in [1.54, 1.807) is 0 Å². The van der Waals surface area contributed by atoms with Crippen LogP contribution in [0.5, 0.6) is 0 Å². The second-order valence-corrected chi connectivity index (χ2v) is 7.21. The summed E-state index contributed by atoms with van der Waals surface area (Å²) in [6.45, 7) is 9.74. The van der Waals surface area contributed by atoms with Crippen molar-refractivity contribution in [3.8, 4) is 0 Å². The molecule has 1 aromatic carbocycles. The molecule has 0 fully saturated rings. The molecule has 0 radical (unpaired) electrons. The number of benzene rings is 1. The quantitative estimate of drug-likeness (QED) is 0.573. The first-order valence-electron chi connectivity index (χ1n) is 6.87. The fraction of sp³-hybridized carbons (Fsp3) is 0.625. The lowest BCUT2D eigenvalue weighted by Crippen LogP contribution is -2.23. The molecule has 0 spiro atoms. The van der Waals surface area contributed by atoms with Gasteiger partial charge in [-0.3, -0.25) is 0 Å². The summed E-state index contributed by atoms with van der Waals surface area (Å²) in [5, 5.41) is 0. The predicted molar refractivity (Wildman–Crippen MR) is 83.3 cm³/mol. The molecule has 0 unspecified atom stereocenters. The summed E-state index contributed by atoms with van der Waals surface area (Å²) in [6.07, 6.45) is 2.45. The molecule has 2 N–H and O–H groups in total. The first-order chi connectivity index (χ1) is 8.44. The van der Waals surface area contributed by atoms with E-state index in [1.165, 1.54) is 29.1 Å². The van der Waals surface area contributed by atoms with Crippen LogP contribution < -0.4 is 5.73 Å². The maximum Gasteiger partial charge on any atom is 0.00721 e. The van der Waals surface area contributed by atoms with Crippen molar-refractivity contribution < 1.29 is 0 Å². The van der Waals surface area contributed by atoms with Crippen molar-refractivity contribution in [2.24, 2.45) is 11.1 Å². The Balaban J connectivity index is 2.32. The van der Waals surface area contributed by atoms with E-state index in [-0.39, 0.29) is 0 Å². The van der Waals surface area contributed by atoms with E-state index in [2.05, 4.69) is 52.0 Å². The third kappa shape index (κ3) is 5.45. The third-order valence-electron chi connectivity index (χ3n) is 3.37. The van der Waals surface area contributed by atoms with Gasteiger partial charge in [-0.1, -0.05) is 39.8 Å². The average molecular weight is 265 g/mol. The lowest BCUT2D eigenvalue weighted by molar-refractivity contribution is 0.345. The van der Waals surface area contributed by atoms with E-state index >= 15 is 0 Å². The molecular formula is C16H27NS. The molecule has 0 atom stereocenters. The molecule has 0 heterocycles. The van der Waals surface area contributed by atoms with Crippen LogP contribution in [0.15, 0.2) is 29.2 Å². The molecule has 0 aliphatic rings. The SMILES string of the molecule is CC(C)c1ccc(SCCCC(C)(C)CN)cc1. The Hall–Kier alpha value is -0.470. The lowest BCUT2D eigenvalue weighted by atomic mass is 9.88. The molecule has 1 nitrogen and oxygen atoms in total. The highest BCUT2D eigenvalue weighted by Crippen LogP contribution is 2.26. The molecule has 0 aliphatic carbocycles. The summed E-state index contributed by atoms with van der Waals surface area (Å²) in [4.78, 5) is 1.38. The van der Waals surface area contributed by atoms with Crippen LogP contribution in [-0.4, -0.2) is 12.3 Å². The molecule has 102 valence electrons. The second-order valence-electron chi connectivity index (χ2n) is 6.04. The van der Waals surface area contributed by atoms with Gasteiger partial charge >= 0.3 is 0 Å². The minimum Gasteiger partial charge on any atom is -0.330 e. The molecule has 0 aromatic heterocycles. The Morgan fingerprint density at radius 2 is 1.78 bits per heavy atom. The largest absolute Gasteiger partial charge is 0.330 e. The molecule has 18 heavy (non-hydrogen) atoms. The summed E-state index contributed by atoms with van der Waals surface area (Å²) >= 11 is 1.95. The minimum absolute atomic E-state index is 0.294. The standard InChI is InChI=1S/C16H27NS/c1-13(2)14-6-8-15(9-7-14)18-11-5-10-16(3,4)12-17/h6-9,13H,5,10-12,17H2,1-4H3. The number of hydrogen-bond acceptors (Lipinski definition) is 2. The first kappa shape index (κ1) is 15.6. The zero-order chi connectivity index (χ0) is 13.6. The van der Waals surface area contributed by atoms with Crippen molar-refractivity contribution in [1.82, 2.24) is 0 Å². The number of nitrogens with two attached hydrogens (primary N) is 1. The van der Waals surface area contributed by atoms with Gasteiger partial charge in [0.1, 0.15) is 0 Å². The van der Waals surface area contributed by atoms with Crippen LogP contribution in [0.3, 0.4) is 0 Å². The zero-order valence-electron chi connectivity index (χ0n) is 12.2. The van der Waals surface area contributed by atoms with E-state index in [0.717, 1.165) is 6.54 Å². The Kier molecular flexibility index (Phi) is 6.24. The van der Waals surface area contributed by atoms with Crippen molar-refractivity contribution in [2.75, 3.05) is 12.3 Å². The molecule has 0 bridgehead atoms. The molecule has 0 aliphatic heterocycles.